The van der Waals surface area contributed by atoms with Gasteiger partial charge in [-0.3, -0.25) is 4.99 Å². The van der Waals surface area contributed by atoms with Crippen LogP contribution in [0.15, 0.2) is 23.7 Å². The lowest BCUT2D eigenvalue weighted by Crippen LogP contribution is -2.06. The second-order valence-electron chi connectivity index (χ2n) is 3.98. The molecule has 2 nitrogen and oxygen atoms in total. The van der Waals surface area contributed by atoms with Crippen LogP contribution in [-0.2, 0) is 0 Å². The molecule has 0 bridgehead atoms. The van der Waals surface area contributed by atoms with Crippen molar-refractivity contribution in [3.8, 4) is 0 Å². The second kappa shape index (κ2) is 4.41. The molecule has 0 aliphatic heterocycles. The molecule has 0 fully saturated rings. The van der Waals surface area contributed by atoms with E-state index in [1.807, 2.05) is 20.8 Å². The van der Waals surface area contributed by atoms with Gasteiger partial charge in [-0.2, -0.15) is 0 Å². The van der Waals surface area contributed by atoms with Crippen molar-refractivity contribution < 1.29 is 0 Å². The highest BCUT2D eigenvalue weighted by Gasteiger charge is 2.11. The number of hydrogen-bond donors (Lipinski definition) is 1. The van der Waals surface area contributed by atoms with Crippen LogP contribution in [0.4, 0.5) is 5.69 Å². The molecule has 0 aliphatic carbocycles. The molecular formula is C13H18N2. The average Bonchev–Trinajstić information content (AvgIpc) is 2.16. The summed E-state index contributed by atoms with van der Waals surface area (Å²) < 4.78 is 0. The van der Waals surface area contributed by atoms with Crippen LogP contribution in [0.25, 0.3) is 5.57 Å². The van der Waals surface area contributed by atoms with Gasteiger partial charge in [0.1, 0.15) is 0 Å². The predicted octanol–water partition coefficient (Wildman–Crippen LogP) is 3.38. The maximum atomic E-state index is 5.91. The normalized spacial score (nSPS) is 12.3. The molecule has 0 aromatic heterocycles. The third-order valence-corrected chi connectivity index (χ3v) is 2.39. The average molecular weight is 202 g/mol. The molecule has 0 spiro atoms. The number of benzene rings is 1. The largest absolute Gasteiger partial charge is 0.324 e. The highest BCUT2D eigenvalue weighted by atomic mass is 14.7. The van der Waals surface area contributed by atoms with E-state index in [9.17, 15) is 0 Å². The number of allylic oxidation sites excluding steroid dienone is 1. The van der Waals surface area contributed by atoms with Crippen molar-refractivity contribution in [2.75, 3.05) is 0 Å². The van der Waals surface area contributed by atoms with Crippen LogP contribution in [0, 0.1) is 6.92 Å². The predicted molar refractivity (Wildman–Crippen MR) is 67.7 cm³/mol. The van der Waals surface area contributed by atoms with Crippen molar-refractivity contribution in [3.63, 3.8) is 0 Å². The molecule has 1 rings (SSSR count). The first kappa shape index (κ1) is 11.7. The van der Waals surface area contributed by atoms with Crippen molar-refractivity contribution in [1.29, 1.82) is 0 Å². The highest BCUT2D eigenvalue weighted by molar-refractivity contribution is 5.76. The Hall–Kier alpha value is -1.41. The lowest BCUT2D eigenvalue weighted by molar-refractivity contribution is 0.817. The summed E-state index contributed by atoms with van der Waals surface area (Å²) in [4.78, 5) is 4.06. The molecule has 0 radical (unpaired) electrons. The van der Waals surface area contributed by atoms with Crippen LogP contribution >= 0.6 is 0 Å². The summed E-state index contributed by atoms with van der Waals surface area (Å²) in [6.45, 7) is 13.5. The first-order chi connectivity index (χ1) is 6.97. The molecule has 0 heterocycles. The van der Waals surface area contributed by atoms with Crippen molar-refractivity contribution in [2.24, 2.45) is 10.7 Å². The van der Waals surface area contributed by atoms with Gasteiger partial charge in [0.15, 0.2) is 0 Å². The van der Waals surface area contributed by atoms with Gasteiger partial charge in [-0.15, -0.1) is 0 Å². The Balaban J connectivity index is 3.52. The van der Waals surface area contributed by atoms with Crippen LogP contribution < -0.4 is 5.73 Å². The highest BCUT2D eigenvalue weighted by Crippen LogP contribution is 2.33. The van der Waals surface area contributed by atoms with Gasteiger partial charge in [0.25, 0.3) is 0 Å². The van der Waals surface area contributed by atoms with Gasteiger partial charge in [-0.05, 0) is 44.7 Å². The van der Waals surface area contributed by atoms with Crippen LogP contribution in [0.2, 0.25) is 0 Å². The van der Waals surface area contributed by atoms with E-state index in [1.54, 1.807) is 0 Å². The Bertz CT molecular complexity index is 403. The molecular weight excluding hydrogens is 184 g/mol. The minimum absolute atomic E-state index is 0.0384. The summed E-state index contributed by atoms with van der Waals surface area (Å²) in [5, 5.41) is 0. The zero-order chi connectivity index (χ0) is 11.6. The lowest BCUT2D eigenvalue weighted by atomic mass is 9.96. The Kier molecular flexibility index (Phi) is 3.43. The van der Waals surface area contributed by atoms with Crippen molar-refractivity contribution in [1.82, 2.24) is 0 Å². The van der Waals surface area contributed by atoms with Crippen LogP contribution in [-0.4, -0.2) is 6.72 Å². The first-order valence-electron chi connectivity index (χ1n) is 5.00. The Morgan fingerprint density at radius 3 is 2.47 bits per heavy atom. The summed E-state index contributed by atoms with van der Waals surface area (Å²) >= 11 is 0. The number of rotatable bonds is 3. The van der Waals surface area contributed by atoms with E-state index in [1.165, 1.54) is 5.56 Å². The van der Waals surface area contributed by atoms with Gasteiger partial charge >= 0.3 is 0 Å². The van der Waals surface area contributed by atoms with Gasteiger partial charge < -0.3 is 5.73 Å². The minimum Gasteiger partial charge on any atom is -0.324 e. The van der Waals surface area contributed by atoms with Gasteiger partial charge in [-0.1, -0.05) is 18.2 Å². The SMILES string of the molecule is C=Nc1c(C(=C)C)cc(C)cc1C(C)N. The second-order valence-corrected chi connectivity index (χ2v) is 3.98. The molecule has 2 heteroatoms. The molecule has 80 valence electrons. The van der Waals surface area contributed by atoms with E-state index >= 15 is 0 Å². The fraction of sp³-hybridized carbons (Fsp3) is 0.308. The minimum atomic E-state index is -0.0384. The van der Waals surface area contributed by atoms with E-state index in [-0.39, 0.29) is 6.04 Å². The van der Waals surface area contributed by atoms with Crippen molar-refractivity contribution in [3.05, 3.63) is 35.4 Å². The molecule has 1 atom stereocenters. The Labute approximate surface area is 91.5 Å². The number of nitrogens with zero attached hydrogens (tertiary/aromatic N) is 1. The molecule has 1 aromatic rings. The molecule has 1 aromatic carbocycles. The molecule has 1 unspecified atom stereocenters. The number of aliphatic imine (C=N–C) groups is 1. The fourth-order valence-corrected chi connectivity index (χ4v) is 1.66. The maximum Gasteiger partial charge on any atom is 0.0744 e. The van der Waals surface area contributed by atoms with Gasteiger partial charge in [0.2, 0.25) is 0 Å². The standard InChI is InChI=1S/C13H18N2/c1-8(2)11-6-9(3)7-12(10(4)14)13(11)15-5/h6-7,10H,1,5,14H2,2-4H3. The summed E-state index contributed by atoms with van der Waals surface area (Å²) in [6.07, 6.45) is 0. The zero-order valence-electron chi connectivity index (χ0n) is 9.67. The van der Waals surface area contributed by atoms with Crippen LogP contribution in [0.3, 0.4) is 0 Å². The monoisotopic (exact) mass is 202 g/mol. The van der Waals surface area contributed by atoms with Gasteiger partial charge in [-0.25, -0.2) is 0 Å². The number of aryl methyl sites for hydroxylation is 1. The van der Waals surface area contributed by atoms with Crippen LogP contribution in [0.5, 0.6) is 0 Å². The van der Waals surface area contributed by atoms with E-state index in [0.717, 1.165) is 22.4 Å². The lowest BCUT2D eigenvalue weighted by Gasteiger charge is -2.15. The van der Waals surface area contributed by atoms with Gasteiger partial charge in [0, 0.05) is 11.6 Å². The van der Waals surface area contributed by atoms with E-state index < -0.39 is 0 Å². The Morgan fingerprint density at radius 1 is 1.47 bits per heavy atom. The summed E-state index contributed by atoms with van der Waals surface area (Å²) in [5.41, 5.74) is 11.0. The fourth-order valence-electron chi connectivity index (χ4n) is 1.66. The summed E-state index contributed by atoms with van der Waals surface area (Å²) in [7, 11) is 0. The summed E-state index contributed by atoms with van der Waals surface area (Å²) in [6, 6.07) is 4.09. The quantitative estimate of drug-likeness (QED) is 0.750. The number of hydrogen-bond acceptors (Lipinski definition) is 2. The first-order valence-corrected chi connectivity index (χ1v) is 5.00. The van der Waals surface area contributed by atoms with Gasteiger partial charge in [0.05, 0.1) is 5.69 Å². The number of nitrogens with two attached hydrogens (primary N) is 1. The maximum absolute atomic E-state index is 5.91. The van der Waals surface area contributed by atoms with Crippen molar-refractivity contribution in [2.45, 2.75) is 26.8 Å². The third-order valence-electron chi connectivity index (χ3n) is 2.39. The molecule has 0 aliphatic rings. The van der Waals surface area contributed by atoms with E-state index in [4.69, 9.17) is 5.73 Å². The smallest absolute Gasteiger partial charge is 0.0744 e. The molecule has 0 saturated carbocycles. The zero-order valence-corrected chi connectivity index (χ0v) is 9.67. The van der Waals surface area contributed by atoms with E-state index in [0.29, 0.717) is 0 Å². The molecule has 0 saturated heterocycles. The summed E-state index contributed by atoms with van der Waals surface area (Å²) in [5.74, 6) is 0. The molecule has 0 amide bonds. The molecule has 2 N–H and O–H groups in total. The topological polar surface area (TPSA) is 38.4 Å². The Morgan fingerprint density at radius 2 is 2.07 bits per heavy atom. The third kappa shape index (κ3) is 2.34. The molecule has 15 heavy (non-hydrogen) atoms. The van der Waals surface area contributed by atoms with Crippen LogP contribution in [0.1, 0.15) is 36.6 Å². The van der Waals surface area contributed by atoms with E-state index in [2.05, 4.69) is 30.4 Å². The van der Waals surface area contributed by atoms with Crippen molar-refractivity contribution >= 4 is 18.0 Å².